The highest BCUT2D eigenvalue weighted by Crippen LogP contribution is 2.15. The predicted molar refractivity (Wildman–Crippen MR) is 48.9 cm³/mol. The molecule has 6 N–H and O–H groups in total. The quantitative estimate of drug-likeness (QED) is 0.272. The lowest BCUT2D eigenvalue weighted by atomic mass is 9.98. The standard InChI is InChI=1S/C8H17NO6/c10-1-5-8(14)7(13)4(3-15-5)9-6(12)2-11/h4-14H,1-3H2/t4-,5+,6?,7+,8+/m0/s1. The van der Waals surface area contributed by atoms with Gasteiger partial charge in [0.25, 0.3) is 0 Å². The van der Waals surface area contributed by atoms with Crippen molar-refractivity contribution in [3.63, 3.8) is 0 Å². The van der Waals surface area contributed by atoms with E-state index in [1.807, 2.05) is 0 Å². The summed E-state index contributed by atoms with van der Waals surface area (Å²) in [7, 11) is 0. The van der Waals surface area contributed by atoms with Crippen LogP contribution in [0.3, 0.4) is 0 Å². The average Bonchev–Trinajstić information content (AvgIpc) is 2.25. The van der Waals surface area contributed by atoms with Crippen molar-refractivity contribution in [3.8, 4) is 0 Å². The molecule has 1 fully saturated rings. The molecule has 7 heteroatoms. The summed E-state index contributed by atoms with van der Waals surface area (Å²) in [6, 6.07) is -0.676. The first kappa shape index (κ1) is 12.8. The Morgan fingerprint density at radius 2 is 1.93 bits per heavy atom. The third-order valence-electron chi connectivity index (χ3n) is 2.39. The average molecular weight is 223 g/mol. The Kier molecular flexibility index (Phi) is 4.87. The molecule has 7 nitrogen and oxygen atoms in total. The maximum Gasteiger partial charge on any atom is 0.128 e. The van der Waals surface area contributed by atoms with Crippen LogP contribution in [0.4, 0.5) is 0 Å². The zero-order valence-electron chi connectivity index (χ0n) is 8.15. The van der Waals surface area contributed by atoms with Gasteiger partial charge >= 0.3 is 0 Å². The lowest BCUT2D eigenvalue weighted by Gasteiger charge is -2.37. The van der Waals surface area contributed by atoms with Crippen molar-refractivity contribution in [3.05, 3.63) is 0 Å². The third-order valence-corrected chi connectivity index (χ3v) is 2.39. The number of hydrogen-bond donors (Lipinski definition) is 6. The molecule has 0 aliphatic carbocycles. The van der Waals surface area contributed by atoms with Gasteiger partial charge in [0.15, 0.2) is 0 Å². The highest BCUT2D eigenvalue weighted by molar-refractivity contribution is 4.90. The fourth-order valence-electron chi connectivity index (χ4n) is 1.49. The molecule has 90 valence electrons. The van der Waals surface area contributed by atoms with Gasteiger partial charge in [-0.2, -0.15) is 0 Å². The van der Waals surface area contributed by atoms with Gasteiger partial charge in [0.1, 0.15) is 24.5 Å². The van der Waals surface area contributed by atoms with Crippen LogP contribution in [-0.4, -0.2) is 75.9 Å². The Morgan fingerprint density at radius 1 is 1.27 bits per heavy atom. The predicted octanol–water partition coefficient (Wildman–Crippen LogP) is -3.63. The van der Waals surface area contributed by atoms with E-state index in [9.17, 15) is 10.2 Å². The molecule has 1 unspecified atom stereocenters. The van der Waals surface area contributed by atoms with Gasteiger partial charge in [0.05, 0.1) is 25.9 Å². The first-order valence-corrected chi connectivity index (χ1v) is 4.73. The molecular weight excluding hydrogens is 206 g/mol. The van der Waals surface area contributed by atoms with Crippen molar-refractivity contribution in [2.24, 2.45) is 0 Å². The van der Waals surface area contributed by atoms with E-state index >= 15 is 0 Å². The summed E-state index contributed by atoms with van der Waals surface area (Å²) < 4.78 is 5.05. The monoisotopic (exact) mass is 223 g/mol. The smallest absolute Gasteiger partial charge is 0.128 e. The van der Waals surface area contributed by atoms with E-state index in [4.69, 9.17) is 20.1 Å². The molecule has 0 amide bonds. The number of aliphatic hydroxyl groups is 5. The van der Waals surface area contributed by atoms with Gasteiger partial charge in [-0.25, -0.2) is 0 Å². The third kappa shape index (κ3) is 3.08. The van der Waals surface area contributed by atoms with Gasteiger partial charge in [-0.1, -0.05) is 0 Å². The second-order valence-corrected chi connectivity index (χ2v) is 3.51. The first-order valence-electron chi connectivity index (χ1n) is 4.73. The zero-order valence-corrected chi connectivity index (χ0v) is 8.15. The summed E-state index contributed by atoms with van der Waals surface area (Å²) in [4.78, 5) is 0. The molecule has 0 aromatic rings. The molecule has 1 aliphatic rings. The molecule has 1 heterocycles. The van der Waals surface area contributed by atoms with Gasteiger partial charge in [-0.05, 0) is 0 Å². The molecule has 1 aliphatic heterocycles. The summed E-state index contributed by atoms with van der Waals surface area (Å²) in [6.45, 7) is -0.837. The minimum absolute atomic E-state index is 0.0422. The fraction of sp³-hybridized carbons (Fsp3) is 1.00. The van der Waals surface area contributed by atoms with Crippen LogP contribution >= 0.6 is 0 Å². The zero-order chi connectivity index (χ0) is 11.4. The number of rotatable bonds is 4. The second-order valence-electron chi connectivity index (χ2n) is 3.51. The maximum atomic E-state index is 9.59. The van der Waals surface area contributed by atoms with E-state index < -0.39 is 37.2 Å². The summed E-state index contributed by atoms with van der Waals surface area (Å²) in [5.41, 5.74) is 0. The van der Waals surface area contributed by atoms with Crippen molar-refractivity contribution in [2.45, 2.75) is 30.6 Å². The molecule has 0 aromatic heterocycles. The molecule has 15 heavy (non-hydrogen) atoms. The molecule has 1 saturated heterocycles. The number of nitrogens with one attached hydrogen (secondary N) is 1. The fourth-order valence-corrected chi connectivity index (χ4v) is 1.49. The molecule has 0 aromatic carbocycles. The van der Waals surface area contributed by atoms with Crippen LogP contribution in [0.2, 0.25) is 0 Å². The summed E-state index contributed by atoms with van der Waals surface area (Å²) in [5.74, 6) is 0. The Bertz CT molecular complexity index is 192. The van der Waals surface area contributed by atoms with E-state index in [1.165, 1.54) is 0 Å². The van der Waals surface area contributed by atoms with Gasteiger partial charge < -0.3 is 30.3 Å². The van der Waals surface area contributed by atoms with E-state index in [2.05, 4.69) is 5.32 Å². The van der Waals surface area contributed by atoms with Gasteiger partial charge in [0, 0.05) is 0 Å². The molecule has 1 rings (SSSR count). The molecular formula is C8H17NO6. The highest BCUT2D eigenvalue weighted by Gasteiger charge is 2.38. The lowest BCUT2D eigenvalue weighted by molar-refractivity contribution is -0.167. The minimum atomic E-state index is -1.22. The molecule has 0 spiro atoms. The first-order chi connectivity index (χ1) is 7.10. The Balaban J connectivity index is 2.48. The van der Waals surface area contributed by atoms with Crippen LogP contribution in [0, 0.1) is 0 Å². The normalized spacial score (nSPS) is 39.0. The number of aliphatic hydroxyl groups excluding tert-OH is 5. The summed E-state index contributed by atoms with van der Waals surface area (Å²) in [6.07, 6.45) is -4.36. The van der Waals surface area contributed by atoms with E-state index in [-0.39, 0.29) is 13.2 Å². The maximum absolute atomic E-state index is 9.59. The van der Waals surface area contributed by atoms with E-state index in [0.717, 1.165) is 0 Å². The van der Waals surface area contributed by atoms with Crippen molar-refractivity contribution in [2.75, 3.05) is 19.8 Å². The van der Waals surface area contributed by atoms with Gasteiger partial charge in [-0.3, -0.25) is 5.32 Å². The van der Waals surface area contributed by atoms with Crippen molar-refractivity contribution in [1.82, 2.24) is 5.32 Å². The Hall–Kier alpha value is -0.280. The highest BCUT2D eigenvalue weighted by atomic mass is 16.5. The molecule has 5 atom stereocenters. The Morgan fingerprint density at radius 3 is 2.47 bits per heavy atom. The van der Waals surface area contributed by atoms with Crippen molar-refractivity contribution < 1.29 is 30.3 Å². The molecule has 0 radical (unpaired) electrons. The number of hydrogen-bond acceptors (Lipinski definition) is 7. The second kappa shape index (κ2) is 5.71. The molecule has 0 bridgehead atoms. The van der Waals surface area contributed by atoms with E-state index in [0.29, 0.717) is 0 Å². The topological polar surface area (TPSA) is 122 Å². The SMILES string of the molecule is OCC(O)N[C@H]1CO[C@H](CO)[C@@H](O)[C@@H]1O. The van der Waals surface area contributed by atoms with Crippen LogP contribution in [0.5, 0.6) is 0 Å². The van der Waals surface area contributed by atoms with Crippen LogP contribution in [0.15, 0.2) is 0 Å². The molecule has 0 saturated carbocycles. The van der Waals surface area contributed by atoms with Crippen molar-refractivity contribution >= 4 is 0 Å². The summed E-state index contributed by atoms with van der Waals surface area (Å²) >= 11 is 0. The van der Waals surface area contributed by atoms with Crippen LogP contribution in [0.25, 0.3) is 0 Å². The minimum Gasteiger partial charge on any atom is -0.394 e. The lowest BCUT2D eigenvalue weighted by Crippen LogP contribution is -2.61. The van der Waals surface area contributed by atoms with Crippen LogP contribution < -0.4 is 5.32 Å². The van der Waals surface area contributed by atoms with Crippen molar-refractivity contribution in [1.29, 1.82) is 0 Å². The van der Waals surface area contributed by atoms with Gasteiger partial charge in [-0.15, -0.1) is 0 Å². The van der Waals surface area contributed by atoms with Crippen LogP contribution in [-0.2, 0) is 4.74 Å². The largest absolute Gasteiger partial charge is 0.394 e. The van der Waals surface area contributed by atoms with Crippen LogP contribution in [0.1, 0.15) is 0 Å². The number of ether oxygens (including phenoxy) is 1. The Labute approximate surface area is 86.9 Å². The summed E-state index contributed by atoms with van der Waals surface area (Å²) in [5, 5.41) is 48.0. The van der Waals surface area contributed by atoms with Gasteiger partial charge in [0.2, 0.25) is 0 Å². The van der Waals surface area contributed by atoms with E-state index in [1.54, 1.807) is 0 Å².